The monoisotopic (exact) mass is 256 g/mol. The minimum absolute atomic E-state index is 0.166. The van der Waals surface area contributed by atoms with Gasteiger partial charge in [-0.3, -0.25) is 0 Å². The van der Waals surface area contributed by atoms with Gasteiger partial charge in [-0.15, -0.1) is 0 Å². The maximum atomic E-state index is 10.0. The molecule has 2 aromatic rings. The Balaban J connectivity index is 2.37. The number of rotatable bonds is 4. The van der Waals surface area contributed by atoms with Crippen molar-refractivity contribution < 1.29 is 5.11 Å². The van der Waals surface area contributed by atoms with Crippen molar-refractivity contribution in [2.24, 2.45) is 5.73 Å². The van der Waals surface area contributed by atoms with Crippen LogP contribution in [0, 0.1) is 0 Å². The second kappa shape index (κ2) is 5.76. The van der Waals surface area contributed by atoms with E-state index in [9.17, 15) is 5.11 Å². The highest BCUT2D eigenvalue weighted by Gasteiger charge is 2.11. The molecule has 19 heavy (non-hydrogen) atoms. The predicted octanol–water partition coefficient (Wildman–Crippen LogP) is 3.57. The fourth-order valence-electron chi connectivity index (χ4n) is 2.21. The molecule has 0 aliphatic heterocycles. The summed E-state index contributed by atoms with van der Waals surface area (Å²) < 4.78 is 0. The zero-order chi connectivity index (χ0) is 13.8. The molecular formula is C16H20N2O. The molecule has 0 fully saturated rings. The van der Waals surface area contributed by atoms with E-state index < -0.39 is 0 Å². The lowest BCUT2D eigenvalue weighted by atomic mass is 10.1. The molecule has 1 unspecified atom stereocenters. The first kappa shape index (κ1) is 13.4. The van der Waals surface area contributed by atoms with Crippen LogP contribution in [0.5, 0.6) is 5.75 Å². The number of hydrogen-bond acceptors (Lipinski definition) is 3. The van der Waals surface area contributed by atoms with Crippen LogP contribution < -0.4 is 10.6 Å². The zero-order valence-corrected chi connectivity index (χ0v) is 11.4. The SMILES string of the molecule is CCN(c1ccccc1)c1ccc(C(C)N)c(O)c1. The van der Waals surface area contributed by atoms with E-state index >= 15 is 0 Å². The van der Waals surface area contributed by atoms with Gasteiger partial charge in [0.25, 0.3) is 0 Å². The maximum Gasteiger partial charge on any atom is 0.122 e. The van der Waals surface area contributed by atoms with Gasteiger partial charge in [-0.05, 0) is 32.0 Å². The van der Waals surface area contributed by atoms with Gasteiger partial charge in [-0.1, -0.05) is 24.3 Å². The average Bonchev–Trinajstić information content (AvgIpc) is 2.40. The molecule has 0 aromatic heterocycles. The lowest BCUT2D eigenvalue weighted by Crippen LogP contribution is -2.16. The van der Waals surface area contributed by atoms with Crippen LogP contribution in [0.1, 0.15) is 25.5 Å². The summed E-state index contributed by atoms with van der Waals surface area (Å²) in [4.78, 5) is 2.14. The number of benzene rings is 2. The summed E-state index contributed by atoms with van der Waals surface area (Å²) in [6.45, 7) is 4.79. The molecule has 0 saturated carbocycles. The molecule has 0 amide bonds. The highest BCUT2D eigenvalue weighted by Crippen LogP contribution is 2.31. The minimum Gasteiger partial charge on any atom is -0.508 e. The fourth-order valence-corrected chi connectivity index (χ4v) is 2.21. The summed E-state index contributed by atoms with van der Waals surface area (Å²) in [6.07, 6.45) is 0. The topological polar surface area (TPSA) is 49.5 Å². The summed E-state index contributed by atoms with van der Waals surface area (Å²) in [5.74, 6) is 0.252. The van der Waals surface area contributed by atoms with Crippen molar-refractivity contribution in [3.63, 3.8) is 0 Å². The van der Waals surface area contributed by atoms with E-state index in [0.29, 0.717) is 0 Å². The van der Waals surface area contributed by atoms with Gasteiger partial charge >= 0.3 is 0 Å². The molecule has 3 N–H and O–H groups in total. The second-order valence-electron chi connectivity index (χ2n) is 4.61. The molecule has 0 aliphatic rings. The van der Waals surface area contributed by atoms with E-state index in [0.717, 1.165) is 23.5 Å². The molecule has 3 nitrogen and oxygen atoms in total. The average molecular weight is 256 g/mol. The van der Waals surface area contributed by atoms with Crippen molar-refractivity contribution in [1.82, 2.24) is 0 Å². The first-order valence-electron chi connectivity index (χ1n) is 6.54. The van der Waals surface area contributed by atoms with E-state index in [-0.39, 0.29) is 11.8 Å². The van der Waals surface area contributed by atoms with E-state index in [1.807, 2.05) is 37.3 Å². The number of phenols is 1. The molecule has 100 valence electrons. The van der Waals surface area contributed by atoms with Crippen molar-refractivity contribution in [3.8, 4) is 5.75 Å². The second-order valence-corrected chi connectivity index (χ2v) is 4.61. The number of para-hydroxylation sites is 1. The lowest BCUT2D eigenvalue weighted by Gasteiger charge is -2.24. The van der Waals surface area contributed by atoms with Crippen LogP contribution in [0.3, 0.4) is 0 Å². The Morgan fingerprint density at radius 1 is 1.11 bits per heavy atom. The van der Waals surface area contributed by atoms with Crippen LogP contribution in [0.2, 0.25) is 0 Å². The molecule has 0 spiro atoms. The maximum absolute atomic E-state index is 10.0. The van der Waals surface area contributed by atoms with Gasteiger partial charge in [-0.25, -0.2) is 0 Å². The van der Waals surface area contributed by atoms with Crippen molar-refractivity contribution in [2.45, 2.75) is 19.9 Å². The van der Waals surface area contributed by atoms with Gasteiger partial charge in [0.15, 0.2) is 0 Å². The van der Waals surface area contributed by atoms with Crippen LogP contribution in [0.25, 0.3) is 0 Å². The number of hydrogen-bond donors (Lipinski definition) is 2. The highest BCUT2D eigenvalue weighted by atomic mass is 16.3. The highest BCUT2D eigenvalue weighted by molar-refractivity contribution is 5.65. The Labute approximate surface area is 114 Å². The van der Waals surface area contributed by atoms with Gasteiger partial charge in [-0.2, -0.15) is 0 Å². The molecule has 0 heterocycles. The van der Waals surface area contributed by atoms with Gasteiger partial charge in [0.05, 0.1) is 0 Å². The summed E-state index contributed by atoms with van der Waals surface area (Å²) in [5.41, 5.74) is 8.66. The molecule has 2 rings (SSSR count). The van der Waals surface area contributed by atoms with E-state index in [1.54, 1.807) is 6.07 Å². The Morgan fingerprint density at radius 3 is 2.32 bits per heavy atom. The van der Waals surface area contributed by atoms with Gasteiger partial charge in [0, 0.05) is 35.6 Å². The third-order valence-electron chi connectivity index (χ3n) is 3.20. The summed E-state index contributed by atoms with van der Waals surface area (Å²) >= 11 is 0. The Morgan fingerprint density at radius 2 is 1.79 bits per heavy atom. The van der Waals surface area contributed by atoms with Crippen LogP contribution in [0.4, 0.5) is 11.4 Å². The quantitative estimate of drug-likeness (QED) is 0.879. The summed E-state index contributed by atoms with van der Waals surface area (Å²) in [5, 5.41) is 10.0. The molecule has 0 bridgehead atoms. The normalized spacial score (nSPS) is 12.2. The van der Waals surface area contributed by atoms with Crippen LogP contribution in [-0.2, 0) is 0 Å². The molecule has 2 aromatic carbocycles. The minimum atomic E-state index is -0.166. The Hall–Kier alpha value is -2.00. The fraction of sp³-hybridized carbons (Fsp3) is 0.250. The lowest BCUT2D eigenvalue weighted by molar-refractivity contribution is 0.464. The van der Waals surface area contributed by atoms with Crippen molar-refractivity contribution in [1.29, 1.82) is 0 Å². The largest absolute Gasteiger partial charge is 0.508 e. The molecule has 0 radical (unpaired) electrons. The van der Waals surface area contributed by atoms with Crippen LogP contribution in [0.15, 0.2) is 48.5 Å². The Bertz CT molecular complexity index is 538. The third-order valence-corrected chi connectivity index (χ3v) is 3.20. The first-order chi connectivity index (χ1) is 9.13. The summed E-state index contributed by atoms with van der Waals surface area (Å²) in [6, 6.07) is 15.6. The van der Waals surface area contributed by atoms with E-state index in [4.69, 9.17) is 5.73 Å². The van der Waals surface area contributed by atoms with Gasteiger partial charge in [0.2, 0.25) is 0 Å². The van der Waals surface area contributed by atoms with Crippen molar-refractivity contribution >= 4 is 11.4 Å². The van der Waals surface area contributed by atoms with Gasteiger partial charge in [0.1, 0.15) is 5.75 Å². The number of anilines is 2. The smallest absolute Gasteiger partial charge is 0.122 e. The number of aromatic hydroxyl groups is 1. The van der Waals surface area contributed by atoms with Gasteiger partial charge < -0.3 is 15.7 Å². The van der Waals surface area contributed by atoms with Crippen LogP contribution >= 0.6 is 0 Å². The first-order valence-corrected chi connectivity index (χ1v) is 6.54. The molecular weight excluding hydrogens is 236 g/mol. The van der Waals surface area contributed by atoms with Crippen LogP contribution in [-0.4, -0.2) is 11.7 Å². The van der Waals surface area contributed by atoms with Crippen molar-refractivity contribution in [2.75, 3.05) is 11.4 Å². The van der Waals surface area contributed by atoms with E-state index in [2.05, 4.69) is 24.0 Å². The molecule has 1 atom stereocenters. The number of nitrogens with two attached hydrogens (primary N) is 1. The van der Waals surface area contributed by atoms with E-state index in [1.165, 1.54) is 0 Å². The standard InChI is InChI=1S/C16H20N2O/c1-3-18(13-7-5-4-6-8-13)14-9-10-15(12(2)17)16(19)11-14/h4-12,19H,3,17H2,1-2H3. The molecule has 0 saturated heterocycles. The zero-order valence-electron chi connectivity index (χ0n) is 11.4. The number of nitrogens with zero attached hydrogens (tertiary/aromatic N) is 1. The Kier molecular flexibility index (Phi) is 4.07. The van der Waals surface area contributed by atoms with Crippen molar-refractivity contribution in [3.05, 3.63) is 54.1 Å². The molecule has 3 heteroatoms. The molecule has 0 aliphatic carbocycles. The predicted molar refractivity (Wildman–Crippen MR) is 79.8 cm³/mol. The number of phenolic OH excluding ortho intramolecular Hbond substituents is 1. The summed E-state index contributed by atoms with van der Waals surface area (Å²) in [7, 11) is 0. The third kappa shape index (κ3) is 2.88.